The molecule has 1 aromatic heterocycles. The van der Waals surface area contributed by atoms with Gasteiger partial charge in [0.1, 0.15) is 0 Å². The van der Waals surface area contributed by atoms with Crippen LogP contribution in [-0.4, -0.2) is 70.3 Å². The van der Waals surface area contributed by atoms with E-state index in [2.05, 4.69) is 18.4 Å². The zero-order chi connectivity index (χ0) is 13.7. The van der Waals surface area contributed by atoms with E-state index in [1.165, 1.54) is 13.3 Å². The Labute approximate surface area is 115 Å². The van der Waals surface area contributed by atoms with Crippen molar-refractivity contribution in [3.05, 3.63) is 11.9 Å². The van der Waals surface area contributed by atoms with Gasteiger partial charge in [-0.1, -0.05) is 0 Å². The number of amides is 1. The van der Waals surface area contributed by atoms with Crippen LogP contribution in [0.2, 0.25) is 0 Å². The standard InChI is InChI=1S/C11H16N4O3S/c1-18-10(16)2-3-14-4-6-15(7-5-14)11(17)9-8-12-19-13-9/h8H,2-7H2,1H3. The zero-order valence-electron chi connectivity index (χ0n) is 10.7. The number of aromatic nitrogens is 2. The molecule has 1 saturated heterocycles. The van der Waals surface area contributed by atoms with E-state index in [0.29, 0.717) is 31.7 Å². The third-order valence-corrected chi connectivity index (χ3v) is 3.58. The molecule has 0 aromatic carbocycles. The van der Waals surface area contributed by atoms with Crippen molar-refractivity contribution in [3.63, 3.8) is 0 Å². The highest BCUT2D eigenvalue weighted by Crippen LogP contribution is 2.07. The molecule has 0 N–H and O–H groups in total. The summed E-state index contributed by atoms with van der Waals surface area (Å²) in [6.45, 7) is 3.50. The molecule has 1 aliphatic heterocycles. The van der Waals surface area contributed by atoms with Crippen molar-refractivity contribution in [3.8, 4) is 0 Å². The molecule has 19 heavy (non-hydrogen) atoms. The summed E-state index contributed by atoms with van der Waals surface area (Å²) in [6, 6.07) is 0. The van der Waals surface area contributed by atoms with Gasteiger partial charge in [-0.2, -0.15) is 8.75 Å². The van der Waals surface area contributed by atoms with Gasteiger partial charge >= 0.3 is 5.97 Å². The second-order valence-electron chi connectivity index (χ2n) is 4.25. The highest BCUT2D eigenvalue weighted by molar-refractivity contribution is 6.99. The van der Waals surface area contributed by atoms with Crippen LogP contribution in [0.3, 0.4) is 0 Å². The third-order valence-electron chi connectivity index (χ3n) is 3.10. The Morgan fingerprint density at radius 2 is 2.11 bits per heavy atom. The number of esters is 1. The Hall–Kier alpha value is -1.54. The first kappa shape index (κ1) is 13.9. The molecular formula is C11H16N4O3S. The molecule has 0 atom stereocenters. The van der Waals surface area contributed by atoms with Gasteiger partial charge in [-0.25, -0.2) is 0 Å². The average molecular weight is 284 g/mol. The second kappa shape index (κ2) is 6.58. The number of methoxy groups -OCH3 is 1. The summed E-state index contributed by atoms with van der Waals surface area (Å²) in [5.74, 6) is -0.270. The number of piperazine rings is 1. The lowest BCUT2D eigenvalue weighted by molar-refractivity contribution is -0.141. The van der Waals surface area contributed by atoms with Crippen LogP contribution >= 0.6 is 11.7 Å². The molecule has 1 aromatic rings. The van der Waals surface area contributed by atoms with Gasteiger partial charge in [0, 0.05) is 32.7 Å². The summed E-state index contributed by atoms with van der Waals surface area (Å²) in [6.07, 6.45) is 1.89. The van der Waals surface area contributed by atoms with Crippen LogP contribution < -0.4 is 0 Å². The first-order valence-electron chi connectivity index (χ1n) is 6.06. The molecule has 104 valence electrons. The Morgan fingerprint density at radius 1 is 1.37 bits per heavy atom. The summed E-state index contributed by atoms with van der Waals surface area (Å²) in [5.41, 5.74) is 0.410. The van der Waals surface area contributed by atoms with E-state index in [0.717, 1.165) is 24.8 Å². The van der Waals surface area contributed by atoms with Gasteiger partial charge in [0.05, 0.1) is 31.5 Å². The van der Waals surface area contributed by atoms with Crippen molar-refractivity contribution in [1.29, 1.82) is 0 Å². The first-order valence-corrected chi connectivity index (χ1v) is 6.79. The van der Waals surface area contributed by atoms with E-state index in [4.69, 9.17) is 0 Å². The average Bonchev–Trinajstić information content (AvgIpc) is 2.98. The fourth-order valence-electron chi connectivity index (χ4n) is 1.95. The molecular weight excluding hydrogens is 268 g/mol. The predicted octanol–water partition coefficient (Wildman–Crippen LogP) is -0.141. The van der Waals surface area contributed by atoms with E-state index < -0.39 is 0 Å². The van der Waals surface area contributed by atoms with Crippen molar-refractivity contribution in [2.24, 2.45) is 0 Å². The summed E-state index contributed by atoms with van der Waals surface area (Å²) >= 11 is 1.04. The molecule has 0 bridgehead atoms. The van der Waals surface area contributed by atoms with Crippen molar-refractivity contribution in [1.82, 2.24) is 18.5 Å². The number of nitrogens with zero attached hydrogens (tertiary/aromatic N) is 4. The van der Waals surface area contributed by atoms with Crippen LogP contribution in [0.25, 0.3) is 0 Å². The molecule has 0 unspecified atom stereocenters. The van der Waals surface area contributed by atoms with Crippen LogP contribution in [0.4, 0.5) is 0 Å². The Bertz CT molecular complexity index is 429. The van der Waals surface area contributed by atoms with E-state index >= 15 is 0 Å². The smallest absolute Gasteiger partial charge is 0.306 e. The van der Waals surface area contributed by atoms with E-state index in [9.17, 15) is 9.59 Å². The Balaban J connectivity index is 1.76. The fourth-order valence-corrected chi connectivity index (χ4v) is 2.35. The van der Waals surface area contributed by atoms with Crippen LogP contribution in [0, 0.1) is 0 Å². The summed E-state index contributed by atoms with van der Waals surface area (Å²) < 4.78 is 12.4. The molecule has 1 fully saturated rings. The Kier molecular flexibility index (Phi) is 4.80. The minimum absolute atomic E-state index is 0.0682. The normalized spacial score (nSPS) is 16.4. The molecule has 0 aliphatic carbocycles. The molecule has 1 amide bonds. The fraction of sp³-hybridized carbons (Fsp3) is 0.636. The highest BCUT2D eigenvalue weighted by Gasteiger charge is 2.23. The van der Waals surface area contributed by atoms with Crippen LogP contribution in [0.5, 0.6) is 0 Å². The molecule has 0 spiro atoms. The lowest BCUT2D eigenvalue weighted by Crippen LogP contribution is -2.49. The molecule has 0 saturated carbocycles. The van der Waals surface area contributed by atoms with Gasteiger partial charge in [0.15, 0.2) is 5.69 Å². The van der Waals surface area contributed by atoms with Crippen LogP contribution in [0.1, 0.15) is 16.9 Å². The van der Waals surface area contributed by atoms with Gasteiger partial charge in [-0.3, -0.25) is 14.5 Å². The maximum Gasteiger partial charge on any atom is 0.306 e. The van der Waals surface area contributed by atoms with Gasteiger partial charge in [-0.05, 0) is 0 Å². The van der Waals surface area contributed by atoms with Gasteiger partial charge in [0.25, 0.3) is 5.91 Å². The largest absolute Gasteiger partial charge is 0.469 e. The monoisotopic (exact) mass is 284 g/mol. The maximum atomic E-state index is 12.0. The van der Waals surface area contributed by atoms with Crippen molar-refractivity contribution >= 4 is 23.6 Å². The van der Waals surface area contributed by atoms with Crippen molar-refractivity contribution in [2.75, 3.05) is 39.8 Å². The second-order valence-corrected chi connectivity index (χ2v) is 4.81. The molecule has 1 aliphatic rings. The van der Waals surface area contributed by atoms with Gasteiger partial charge < -0.3 is 9.64 Å². The van der Waals surface area contributed by atoms with Crippen LogP contribution in [-0.2, 0) is 9.53 Å². The van der Waals surface area contributed by atoms with Crippen molar-refractivity contribution < 1.29 is 14.3 Å². The quantitative estimate of drug-likeness (QED) is 0.716. The van der Waals surface area contributed by atoms with E-state index in [-0.39, 0.29) is 11.9 Å². The number of carbonyl (C=O) groups excluding carboxylic acids is 2. The Morgan fingerprint density at radius 3 is 2.68 bits per heavy atom. The molecule has 2 heterocycles. The first-order chi connectivity index (χ1) is 9.20. The van der Waals surface area contributed by atoms with Gasteiger partial charge in [0.2, 0.25) is 0 Å². The maximum absolute atomic E-state index is 12.0. The summed E-state index contributed by atoms with van der Waals surface area (Å²) in [4.78, 5) is 27.0. The zero-order valence-corrected chi connectivity index (χ0v) is 11.6. The third kappa shape index (κ3) is 3.71. The molecule has 8 heteroatoms. The van der Waals surface area contributed by atoms with Crippen molar-refractivity contribution in [2.45, 2.75) is 6.42 Å². The lowest BCUT2D eigenvalue weighted by atomic mass is 10.2. The molecule has 7 nitrogen and oxygen atoms in total. The van der Waals surface area contributed by atoms with Gasteiger partial charge in [-0.15, -0.1) is 0 Å². The minimum atomic E-state index is -0.202. The molecule has 0 radical (unpaired) electrons. The number of hydrogen-bond acceptors (Lipinski definition) is 7. The number of carbonyl (C=O) groups is 2. The minimum Gasteiger partial charge on any atom is -0.469 e. The summed E-state index contributed by atoms with van der Waals surface area (Å²) in [7, 11) is 1.39. The van der Waals surface area contributed by atoms with E-state index in [1.807, 2.05) is 0 Å². The summed E-state index contributed by atoms with van der Waals surface area (Å²) in [5, 5.41) is 0. The number of hydrogen-bond donors (Lipinski definition) is 0. The van der Waals surface area contributed by atoms with Crippen LogP contribution in [0.15, 0.2) is 6.20 Å². The molecule has 2 rings (SSSR count). The predicted molar refractivity (Wildman–Crippen MR) is 68.9 cm³/mol. The SMILES string of the molecule is COC(=O)CCN1CCN(C(=O)c2cnsn2)CC1. The lowest BCUT2D eigenvalue weighted by Gasteiger charge is -2.34. The topological polar surface area (TPSA) is 75.6 Å². The highest BCUT2D eigenvalue weighted by atomic mass is 32.1. The van der Waals surface area contributed by atoms with E-state index in [1.54, 1.807) is 4.90 Å². The number of ether oxygens (including phenoxy) is 1. The number of rotatable bonds is 4.